The van der Waals surface area contributed by atoms with E-state index < -0.39 is 18.5 Å². The molecule has 0 aliphatic carbocycles. The minimum Gasteiger partial charge on any atom is -0.455 e. The number of rotatable bonds is 4. The number of nitrogens with one attached hydrogen (secondary N) is 1. The molecule has 8 heteroatoms. The van der Waals surface area contributed by atoms with Gasteiger partial charge < -0.3 is 15.0 Å². The first-order valence-electron chi connectivity index (χ1n) is 8.65. The van der Waals surface area contributed by atoms with Crippen molar-refractivity contribution >= 4 is 52.4 Å². The monoisotopic (exact) mass is 420 g/mol. The number of anilines is 2. The van der Waals surface area contributed by atoms with Crippen LogP contribution in [0.2, 0.25) is 10.0 Å². The third kappa shape index (κ3) is 4.64. The van der Waals surface area contributed by atoms with E-state index in [-0.39, 0.29) is 24.8 Å². The van der Waals surface area contributed by atoms with Crippen LogP contribution in [0, 0.1) is 0 Å². The van der Waals surface area contributed by atoms with E-state index in [2.05, 4.69) is 5.32 Å². The van der Waals surface area contributed by atoms with Gasteiger partial charge in [-0.15, -0.1) is 0 Å². The molecular formula is C20H18Cl2N2O4. The van der Waals surface area contributed by atoms with Crippen molar-refractivity contribution in [3.8, 4) is 0 Å². The number of fused-ring (bicyclic) bond motifs is 1. The molecule has 6 nitrogen and oxygen atoms in total. The summed E-state index contributed by atoms with van der Waals surface area (Å²) in [6.07, 6.45) is 0.119. The van der Waals surface area contributed by atoms with Gasteiger partial charge in [-0.05, 0) is 36.8 Å². The third-order valence-corrected chi connectivity index (χ3v) is 5.06. The molecule has 0 aromatic heterocycles. The van der Waals surface area contributed by atoms with Crippen LogP contribution in [0.15, 0.2) is 42.5 Å². The summed E-state index contributed by atoms with van der Waals surface area (Å²) in [6.45, 7) is 1.35. The lowest BCUT2D eigenvalue weighted by Crippen LogP contribution is -2.41. The Hall–Kier alpha value is -2.57. The highest BCUT2D eigenvalue weighted by atomic mass is 35.5. The molecule has 1 aliphatic rings. The molecule has 1 aliphatic heterocycles. The van der Waals surface area contributed by atoms with E-state index in [1.54, 1.807) is 49.4 Å². The van der Waals surface area contributed by atoms with E-state index in [0.717, 1.165) is 0 Å². The molecule has 0 radical (unpaired) electrons. The first-order valence-corrected chi connectivity index (χ1v) is 9.41. The number of ether oxygens (including phenoxy) is 1. The fourth-order valence-corrected chi connectivity index (χ4v) is 3.37. The first kappa shape index (κ1) is 20.2. The predicted octanol–water partition coefficient (Wildman–Crippen LogP) is 3.84. The smallest absolute Gasteiger partial charge is 0.310 e. The van der Waals surface area contributed by atoms with Gasteiger partial charge in [-0.2, -0.15) is 0 Å². The van der Waals surface area contributed by atoms with Crippen molar-refractivity contribution in [2.45, 2.75) is 25.8 Å². The zero-order valence-electron chi connectivity index (χ0n) is 15.1. The lowest BCUT2D eigenvalue weighted by atomic mass is 10.1. The molecule has 2 aromatic carbocycles. The van der Waals surface area contributed by atoms with Crippen LogP contribution in [-0.4, -0.2) is 30.4 Å². The normalized spacial score (nSPS) is 16.0. The lowest BCUT2D eigenvalue weighted by Gasteiger charge is -2.27. The lowest BCUT2D eigenvalue weighted by molar-refractivity contribution is -0.147. The standard InChI is InChI=1S/C20H18Cl2N2O4/c1-12-8-18(25)23-16-4-2-3-5-17(16)24(12)19(26)11-28-20(27)10-13-6-7-14(21)15(22)9-13/h2-7,9,12H,8,10-11H2,1H3,(H,23,25). The topological polar surface area (TPSA) is 75.7 Å². The second-order valence-corrected chi connectivity index (χ2v) is 7.28. The molecule has 1 heterocycles. The van der Waals surface area contributed by atoms with Crippen molar-refractivity contribution in [1.29, 1.82) is 0 Å². The van der Waals surface area contributed by atoms with Crippen molar-refractivity contribution in [1.82, 2.24) is 0 Å². The highest BCUT2D eigenvalue weighted by Crippen LogP contribution is 2.31. The summed E-state index contributed by atoms with van der Waals surface area (Å²) in [5, 5.41) is 3.52. The number of carbonyl (C=O) groups is 3. The van der Waals surface area contributed by atoms with E-state index >= 15 is 0 Å². The molecule has 3 rings (SSSR count). The quantitative estimate of drug-likeness (QED) is 0.762. The Morgan fingerprint density at radius 2 is 1.93 bits per heavy atom. The Labute approximate surface area is 172 Å². The fraction of sp³-hybridized carbons (Fsp3) is 0.250. The van der Waals surface area contributed by atoms with Crippen molar-refractivity contribution < 1.29 is 19.1 Å². The molecule has 2 amide bonds. The van der Waals surface area contributed by atoms with E-state index in [4.69, 9.17) is 27.9 Å². The highest BCUT2D eigenvalue weighted by Gasteiger charge is 2.30. The zero-order chi connectivity index (χ0) is 20.3. The van der Waals surface area contributed by atoms with Crippen LogP contribution in [-0.2, 0) is 25.5 Å². The van der Waals surface area contributed by atoms with Crippen LogP contribution >= 0.6 is 23.2 Å². The third-order valence-electron chi connectivity index (χ3n) is 4.32. The molecule has 0 bridgehead atoms. The summed E-state index contributed by atoms with van der Waals surface area (Å²) >= 11 is 11.8. The molecule has 1 N–H and O–H groups in total. The van der Waals surface area contributed by atoms with Gasteiger partial charge in [0.05, 0.1) is 27.8 Å². The summed E-state index contributed by atoms with van der Waals surface area (Å²) in [5.41, 5.74) is 1.76. The molecule has 0 fully saturated rings. The van der Waals surface area contributed by atoms with Gasteiger partial charge in [-0.25, -0.2) is 0 Å². The maximum absolute atomic E-state index is 12.8. The van der Waals surface area contributed by atoms with Crippen molar-refractivity contribution in [3.05, 3.63) is 58.1 Å². The van der Waals surface area contributed by atoms with Gasteiger partial charge in [0.2, 0.25) is 5.91 Å². The SMILES string of the molecule is CC1CC(=O)Nc2ccccc2N1C(=O)COC(=O)Cc1ccc(Cl)c(Cl)c1. The highest BCUT2D eigenvalue weighted by molar-refractivity contribution is 6.42. The molecule has 28 heavy (non-hydrogen) atoms. The number of benzene rings is 2. The van der Waals surface area contributed by atoms with Crippen LogP contribution in [0.3, 0.4) is 0 Å². The van der Waals surface area contributed by atoms with Gasteiger partial charge in [0.1, 0.15) is 0 Å². The molecule has 0 spiro atoms. The number of nitrogens with zero attached hydrogens (tertiary/aromatic N) is 1. The Bertz CT molecular complexity index is 932. The Morgan fingerprint density at radius 1 is 1.18 bits per heavy atom. The van der Waals surface area contributed by atoms with Gasteiger partial charge in [0.15, 0.2) is 6.61 Å². The second-order valence-electron chi connectivity index (χ2n) is 6.47. The average molecular weight is 421 g/mol. The number of carbonyl (C=O) groups excluding carboxylic acids is 3. The number of amides is 2. The molecular weight excluding hydrogens is 403 g/mol. The van der Waals surface area contributed by atoms with Crippen molar-refractivity contribution in [2.24, 2.45) is 0 Å². The number of esters is 1. The summed E-state index contributed by atoms with van der Waals surface area (Å²) in [7, 11) is 0. The van der Waals surface area contributed by atoms with Crippen LogP contribution in [0.1, 0.15) is 18.9 Å². The predicted molar refractivity (Wildman–Crippen MR) is 108 cm³/mol. The molecule has 0 saturated heterocycles. The van der Waals surface area contributed by atoms with Gasteiger partial charge in [0.25, 0.3) is 5.91 Å². The van der Waals surface area contributed by atoms with Crippen molar-refractivity contribution in [3.63, 3.8) is 0 Å². The van der Waals surface area contributed by atoms with Crippen LogP contribution in [0.25, 0.3) is 0 Å². The average Bonchev–Trinajstić information content (AvgIpc) is 2.77. The maximum atomic E-state index is 12.8. The largest absolute Gasteiger partial charge is 0.455 e. The minimum atomic E-state index is -0.559. The van der Waals surface area contributed by atoms with E-state index in [0.29, 0.717) is 27.0 Å². The minimum absolute atomic E-state index is 0.0314. The molecule has 1 unspecified atom stereocenters. The first-order chi connectivity index (χ1) is 13.3. The Morgan fingerprint density at radius 3 is 2.68 bits per heavy atom. The molecule has 2 aromatic rings. The van der Waals surface area contributed by atoms with Gasteiger partial charge in [-0.3, -0.25) is 14.4 Å². The molecule has 146 valence electrons. The second kappa shape index (κ2) is 8.63. The van der Waals surface area contributed by atoms with Gasteiger partial charge in [0, 0.05) is 12.5 Å². The van der Waals surface area contributed by atoms with Crippen LogP contribution < -0.4 is 10.2 Å². The number of hydrogen-bond acceptors (Lipinski definition) is 4. The fourth-order valence-electron chi connectivity index (χ4n) is 3.05. The zero-order valence-corrected chi connectivity index (χ0v) is 16.6. The van der Waals surface area contributed by atoms with Crippen LogP contribution in [0.5, 0.6) is 0 Å². The number of halogens is 2. The van der Waals surface area contributed by atoms with Crippen molar-refractivity contribution in [2.75, 3.05) is 16.8 Å². The van der Waals surface area contributed by atoms with E-state index in [9.17, 15) is 14.4 Å². The Kier molecular flexibility index (Phi) is 6.21. The summed E-state index contributed by atoms with van der Waals surface area (Å²) in [4.78, 5) is 38.3. The molecule has 0 saturated carbocycles. The van der Waals surface area contributed by atoms with Gasteiger partial charge in [-0.1, -0.05) is 41.4 Å². The number of para-hydroxylation sites is 2. The number of hydrogen-bond donors (Lipinski definition) is 1. The Balaban J connectivity index is 1.67. The summed E-state index contributed by atoms with van der Waals surface area (Å²) in [5.74, 6) is -1.14. The van der Waals surface area contributed by atoms with Crippen LogP contribution in [0.4, 0.5) is 11.4 Å². The summed E-state index contributed by atoms with van der Waals surface area (Å²) in [6, 6.07) is 11.5. The van der Waals surface area contributed by atoms with Gasteiger partial charge >= 0.3 is 5.97 Å². The molecule has 1 atom stereocenters. The maximum Gasteiger partial charge on any atom is 0.310 e. The van der Waals surface area contributed by atoms with E-state index in [1.165, 1.54) is 4.90 Å². The van der Waals surface area contributed by atoms with E-state index in [1.807, 2.05) is 0 Å². The summed E-state index contributed by atoms with van der Waals surface area (Å²) < 4.78 is 5.15.